The molecule has 1 amide bonds. The van der Waals surface area contributed by atoms with Crippen molar-refractivity contribution in [3.63, 3.8) is 0 Å². The smallest absolute Gasteiger partial charge is 0.242 e. The Morgan fingerprint density at radius 3 is 2.56 bits per heavy atom. The Labute approximate surface area is 159 Å². The number of hydrogen-bond acceptors (Lipinski definition) is 5. The highest BCUT2D eigenvalue weighted by Crippen LogP contribution is 2.23. The minimum atomic E-state index is -3.55. The Morgan fingerprint density at radius 2 is 1.96 bits per heavy atom. The van der Waals surface area contributed by atoms with Gasteiger partial charge in [0.05, 0.1) is 10.6 Å². The van der Waals surface area contributed by atoms with E-state index in [2.05, 4.69) is 10.2 Å². The second-order valence-corrected chi connectivity index (χ2v) is 9.79. The predicted molar refractivity (Wildman–Crippen MR) is 107 cm³/mol. The average molecular weight is 402 g/mol. The van der Waals surface area contributed by atoms with Crippen molar-refractivity contribution in [1.29, 1.82) is 0 Å². The van der Waals surface area contributed by atoms with Gasteiger partial charge in [0.2, 0.25) is 15.9 Å². The first-order valence-corrected chi connectivity index (χ1v) is 10.8. The van der Waals surface area contributed by atoms with Crippen LogP contribution in [0.1, 0.15) is 18.4 Å². The van der Waals surface area contributed by atoms with Crippen LogP contribution in [0.25, 0.3) is 0 Å². The van der Waals surface area contributed by atoms with E-state index in [1.54, 1.807) is 19.1 Å². The van der Waals surface area contributed by atoms with E-state index < -0.39 is 10.0 Å². The Balaban J connectivity index is 2.00. The lowest BCUT2D eigenvalue weighted by atomic mass is 10.2. The van der Waals surface area contributed by atoms with Crippen LogP contribution < -0.4 is 5.32 Å². The average Bonchev–Trinajstić information content (AvgIpc) is 3.08. The summed E-state index contributed by atoms with van der Waals surface area (Å²) >= 11 is 6.67. The molecular weight excluding hydrogens is 378 g/mol. The molecule has 0 saturated carbocycles. The van der Waals surface area contributed by atoms with Gasteiger partial charge in [-0.05, 0) is 37.5 Å². The molecule has 1 aliphatic heterocycles. The Bertz CT molecular complexity index is 757. The van der Waals surface area contributed by atoms with Crippen molar-refractivity contribution in [1.82, 2.24) is 9.21 Å². The molecule has 1 aromatic rings. The van der Waals surface area contributed by atoms with Crippen LogP contribution in [0.3, 0.4) is 0 Å². The number of nitrogens with one attached hydrogen (secondary N) is 1. The van der Waals surface area contributed by atoms with E-state index in [0.717, 1.165) is 34.6 Å². The molecule has 0 spiro atoms. The van der Waals surface area contributed by atoms with Crippen molar-refractivity contribution in [3.8, 4) is 0 Å². The maximum Gasteiger partial charge on any atom is 0.242 e. The Morgan fingerprint density at radius 1 is 1.32 bits per heavy atom. The van der Waals surface area contributed by atoms with Crippen molar-refractivity contribution in [3.05, 3.63) is 23.8 Å². The zero-order chi connectivity index (χ0) is 18.6. The minimum absolute atomic E-state index is 0.190. The monoisotopic (exact) mass is 401 g/mol. The van der Waals surface area contributed by atoms with Crippen LogP contribution in [0.15, 0.2) is 23.1 Å². The number of sulfonamides is 1. The van der Waals surface area contributed by atoms with Crippen LogP contribution in [-0.2, 0) is 14.8 Å². The van der Waals surface area contributed by atoms with E-state index >= 15 is 0 Å². The summed E-state index contributed by atoms with van der Waals surface area (Å²) in [7, 11) is -0.589. The third-order valence-corrected chi connectivity index (χ3v) is 7.40. The first-order valence-electron chi connectivity index (χ1n) is 7.96. The number of hydrogen-bond donors (Lipinski definition) is 1. The van der Waals surface area contributed by atoms with Gasteiger partial charge in [0, 0.05) is 32.9 Å². The van der Waals surface area contributed by atoms with E-state index in [4.69, 9.17) is 12.2 Å². The second kappa shape index (κ2) is 8.48. The van der Waals surface area contributed by atoms with Gasteiger partial charge in [-0.2, -0.15) is 0 Å². The second-order valence-electron chi connectivity index (χ2n) is 6.06. The molecule has 0 unspecified atom stereocenters. The number of anilines is 1. The molecular formula is C16H23N3O3S3. The first-order chi connectivity index (χ1) is 11.7. The van der Waals surface area contributed by atoms with Gasteiger partial charge in [-0.25, -0.2) is 12.7 Å². The standard InChI is InChI=1S/C16H23N3O3S3/c1-12-6-7-13(10-14(12)25(21,22)18(2)3)17-15(20)11-24-16(23)19-8-4-5-9-19/h6-7,10H,4-5,8-9,11H2,1-3H3,(H,17,20). The molecule has 9 heteroatoms. The molecule has 2 rings (SSSR count). The zero-order valence-electron chi connectivity index (χ0n) is 14.6. The molecule has 1 aromatic carbocycles. The highest BCUT2D eigenvalue weighted by atomic mass is 32.2. The molecule has 25 heavy (non-hydrogen) atoms. The lowest BCUT2D eigenvalue weighted by molar-refractivity contribution is -0.113. The third kappa shape index (κ3) is 5.16. The van der Waals surface area contributed by atoms with Gasteiger partial charge in [-0.1, -0.05) is 30.0 Å². The van der Waals surface area contributed by atoms with E-state index in [9.17, 15) is 13.2 Å². The fourth-order valence-corrected chi connectivity index (χ4v) is 4.66. The quantitative estimate of drug-likeness (QED) is 0.764. The number of benzene rings is 1. The normalized spacial score (nSPS) is 14.8. The molecule has 0 radical (unpaired) electrons. The summed E-state index contributed by atoms with van der Waals surface area (Å²) in [5.74, 6) is 0.00232. The van der Waals surface area contributed by atoms with Crippen molar-refractivity contribution >= 4 is 49.9 Å². The number of aryl methyl sites for hydroxylation is 1. The molecule has 1 saturated heterocycles. The largest absolute Gasteiger partial charge is 0.358 e. The van der Waals surface area contributed by atoms with Gasteiger partial charge in [-0.3, -0.25) is 4.79 Å². The van der Waals surface area contributed by atoms with Gasteiger partial charge < -0.3 is 10.2 Å². The van der Waals surface area contributed by atoms with Gasteiger partial charge in [0.15, 0.2) is 0 Å². The maximum atomic E-state index is 12.3. The number of thioether (sulfide) groups is 1. The lowest BCUT2D eigenvalue weighted by Crippen LogP contribution is -2.25. The molecule has 1 aliphatic rings. The van der Waals surface area contributed by atoms with Crippen molar-refractivity contribution in [2.75, 3.05) is 38.3 Å². The number of amides is 1. The van der Waals surface area contributed by atoms with Gasteiger partial charge in [0.1, 0.15) is 4.32 Å². The molecule has 0 atom stereocenters. The SMILES string of the molecule is Cc1ccc(NC(=O)CSC(=S)N2CCCC2)cc1S(=O)(=O)N(C)C. The van der Waals surface area contributed by atoms with Crippen LogP contribution in [0, 0.1) is 6.92 Å². The summed E-state index contributed by atoms with van der Waals surface area (Å²) in [4.78, 5) is 14.4. The number of likely N-dealkylation sites (tertiary alicyclic amines) is 1. The summed E-state index contributed by atoms with van der Waals surface area (Å²) < 4.78 is 26.6. The molecule has 0 bridgehead atoms. The van der Waals surface area contributed by atoms with E-state index in [1.807, 2.05) is 0 Å². The van der Waals surface area contributed by atoms with E-state index in [-0.39, 0.29) is 16.6 Å². The fourth-order valence-electron chi connectivity index (χ4n) is 2.47. The van der Waals surface area contributed by atoms with Crippen LogP contribution >= 0.6 is 24.0 Å². The van der Waals surface area contributed by atoms with Gasteiger partial charge in [-0.15, -0.1) is 0 Å². The summed E-state index contributed by atoms with van der Waals surface area (Å²) in [6, 6.07) is 4.88. The number of thiocarbonyl (C=S) groups is 1. The highest BCUT2D eigenvalue weighted by molar-refractivity contribution is 8.23. The Kier molecular flexibility index (Phi) is 6.84. The number of carbonyl (C=O) groups excluding carboxylic acids is 1. The number of rotatable bonds is 5. The van der Waals surface area contributed by atoms with Crippen molar-refractivity contribution in [2.45, 2.75) is 24.7 Å². The van der Waals surface area contributed by atoms with Crippen LogP contribution in [-0.4, -0.2) is 60.8 Å². The predicted octanol–water partition coefficient (Wildman–Crippen LogP) is 2.30. The lowest BCUT2D eigenvalue weighted by Gasteiger charge is -2.17. The minimum Gasteiger partial charge on any atom is -0.358 e. The first kappa shape index (κ1) is 20.2. The van der Waals surface area contributed by atoms with Crippen LogP contribution in [0.2, 0.25) is 0 Å². The van der Waals surface area contributed by atoms with Crippen LogP contribution in [0.4, 0.5) is 5.69 Å². The number of nitrogens with zero attached hydrogens (tertiary/aromatic N) is 2. The van der Waals surface area contributed by atoms with Crippen molar-refractivity contribution in [2.24, 2.45) is 0 Å². The Hall–Kier alpha value is -1.16. The number of carbonyl (C=O) groups is 1. The zero-order valence-corrected chi connectivity index (χ0v) is 17.1. The fraction of sp³-hybridized carbons (Fsp3) is 0.500. The highest BCUT2D eigenvalue weighted by Gasteiger charge is 2.21. The molecule has 1 N–H and O–H groups in total. The molecule has 1 fully saturated rings. The van der Waals surface area contributed by atoms with Crippen LogP contribution in [0.5, 0.6) is 0 Å². The molecule has 0 aromatic heterocycles. The van der Waals surface area contributed by atoms with Crippen molar-refractivity contribution < 1.29 is 13.2 Å². The molecule has 0 aliphatic carbocycles. The topological polar surface area (TPSA) is 69.7 Å². The summed E-state index contributed by atoms with van der Waals surface area (Å²) in [5, 5.41) is 2.75. The summed E-state index contributed by atoms with van der Waals surface area (Å²) in [6.45, 7) is 3.64. The summed E-state index contributed by atoms with van der Waals surface area (Å²) in [6.07, 6.45) is 2.28. The van der Waals surface area contributed by atoms with Gasteiger partial charge in [0.25, 0.3) is 0 Å². The third-order valence-electron chi connectivity index (χ3n) is 3.92. The maximum absolute atomic E-state index is 12.3. The van der Waals surface area contributed by atoms with E-state index in [1.165, 1.54) is 31.9 Å². The van der Waals surface area contributed by atoms with E-state index in [0.29, 0.717) is 11.3 Å². The molecule has 1 heterocycles. The molecule has 138 valence electrons. The summed E-state index contributed by atoms with van der Waals surface area (Å²) in [5.41, 5.74) is 1.10. The van der Waals surface area contributed by atoms with Gasteiger partial charge >= 0.3 is 0 Å². The molecule has 6 nitrogen and oxygen atoms in total.